The van der Waals surface area contributed by atoms with E-state index in [1.165, 1.54) is 4.90 Å². The van der Waals surface area contributed by atoms with Crippen molar-refractivity contribution in [2.75, 3.05) is 26.3 Å². The summed E-state index contributed by atoms with van der Waals surface area (Å²) in [6, 6.07) is -0.488. The van der Waals surface area contributed by atoms with Gasteiger partial charge in [-0.2, -0.15) is 4.98 Å². The molecule has 0 radical (unpaired) electrons. The Hall–Kier alpha value is -2.71. The number of allylic oxidation sites excluding steroid dienone is 1. The maximum atomic E-state index is 14.5. The summed E-state index contributed by atoms with van der Waals surface area (Å²) in [7, 11) is -1.93. The van der Waals surface area contributed by atoms with Gasteiger partial charge in [-0.25, -0.2) is 19.0 Å². The smallest absolute Gasteiger partial charge is 0.413 e. The largest absolute Gasteiger partial charge is 0.417 e. The van der Waals surface area contributed by atoms with Crippen molar-refractivity contribution in [3.8, 4) is 0 Å². The van der Waals surface area contributed by atoms with E-state index in [1.807, 2.05) is 20.8 Å². The number of amides is 1. The number of piperazine rings is 1. The molecule has 2 aliphatic rings. The number of dihydropyridines is 1. The average Bonchev–Trinajstić information content (AvgIpc) is 2.92. The molecule has 44 heavy (non-hydrogen) atoms. The molecule has 2 aliphatic heterocycles. The number of carbonyl (C=O) groups is 1. The van der Waals surface area contributed by atoms with Crippen molar-refractivity contribution in [3.63, 3.8) is 0 Å². The van der Waals surface area contributed by atoms with Crippen molar-refractivity contribution in [2.24, 2.45) is 10.9 Å². The van der Waals surface area contributed by atoms with E-state index in [4.69, 9.17) is 25.5 Å². The molecule has 2 aromatic rings. The summed E-state index contributed by atoms with van der Waals surface area (Å²) < 4.78 is 33.5. The third-order valence-electron chi connectivity index (χ3n) is 8.64. The molecule has 0 bridgehead atoms. The van der Waals surface area contributed by atoms with Gasteiger partial charge < -0.3 is 19.2 Å². The Balaban J connectivity index is 1.62. The highest BCUT2D eigenvalue weighted by Gasteiger charge is 2.47. The molecule has 4 heterocycles. The van der Waals surface area contributed by atoms with E-state index in [2.05, 4.69) is 59.1 Å². The maximum absolute atomic E-state index is 14.5. The van der Waals surface area contributed by atoms with Crippen molar-refractivity contribution in [2.45, 2.75) is 90.0 Å². The number of hydrogen-bond acceptors (Lipinski definition) is 9. The molecular formula is C30H44ClFN6O5Si. The molecule has 1 saturated heterocycles. The highest BCUT2D eigenvalue weighted by atomic mass is 35.5. The average molecular weight is 651 g/mol. The van der Waals surface area contributed by atoms with Gasteiger partial charge in [-0.15, -0.1) is 0 Å². The number of carbonyl (C=O) groups excluding carboxylic acids is 1. The summed E-state index contributed by atoms with van der Waals surface area (Å²) in [5.74, 6) is -2.27. The van der Waals surface area contributed by atoms with Crippen molar-refractivity contribution >= 4 is 43.3 Å². The molecule has 4 atom stereocenters. The third-order valence-corrected chi connectivity index (χ3v) is 13.4. The number of pyridine rings is 1. The van der Waals surface area contributed by atoms with Crippen LogP contribution >= 0.6 is 11.6 Å². The first-order chi connectivity index (χ1) is 20.6. The van der Waals surface area contributed by atoms with Gasteiger partial charge in [-0.05, 0) is 55.6 Å². The van der Waals surface area contributed by atoms with Crippen molar-refractivity contribution in [1.29, 1.82) is 0 Å². The van der Waals surface area contributed by atoms with Crippen LogP contribution in [0, 0.1) is 11.7 Å². The Kier molecular flexibility index (Phi) is 10.4. The monoisotopic (exact) mass is 650 g/mol. The van der Waals surface area contributed by atoms with E-state index < -0.39 is 43.8 Å². The van der Waals surface area contributed by atoms with Gasteiger partial charge in [0.1, 0.15) is 11.7 Å². The summed E-state index contributed by atoms with van der Waals surface area (Å²) in [6.45, 7) is 18.3. The summed E-state index contributed by atoms with van der Waals surface area (Å²) in [5.41, 5.74) is -0.446. The summed E-state index contributed by atoms with van der Waals surface area (Å²) in [4.78, 5) is 43.4. The zero-order valence-electron chi connectivity index (χ0n) is 26.7. The van der Waals surface area contributed by atoms with E-state index in [0.717, 1.165) is 6.07 Å². The number of aliphatic imine (C=N–C) groups is 1. The lowest BCUT2D eigenvalue weighted by molar-refractivity contribution is -0.195. The highest BCUT2D eigenvalue weighted by Crippen LogP contribution is 2.37. The normalized spacial score (nSPS) is 24.3. The van der Waals surface area contributed by atoms with E-state index in [-0.39, 0.29) is 52.0 Å². The van der Waals surface area contributed by atoms with Crippen molar-refractivity contribution in [1.82, 2.24) is 25.2 Å². The molecule has 0 aromatic carbocycles. The van der Waals surface area contributed by atoms with Crippen LogP contribution in [-0.4, -0.2) is 84.7 Å². The fraction of sp³-hybridized carbons (Fsp3) is 0.633. The van der Waals surface area contributed by atoms with Crippen LogP contribution in [0.15, 0.2) is 28.0 Å². The zero-order valence-corrected chi connectivity index (χ0v) is 28.5. The second-order valence-corrected chi connectivity index (χ2v) is 18.4. The summed E-state index contributed by atoms with van der Waals surface area (Å²) in [5, 5.41) is 3.26. The maximum Gasteiger partial charge on any atom is 0.413 e. The van der Waals surface area contributed by atoms with Gasteiger partial charge in [0.2, 0.25) is 0 Å². The van der Waals surface area contributed by atoms with Crippen molar-refractivity contribution < 1.29 is 23.1 Å². The van der Waals surface area contributed by atoms with Crippen molar-refractivity contribution in [3.05, 3.63) is 45.4 Å². The number of nitrogens with zero attached hydrogens (tertiary/aromatic N) is 4. The third kappa shape index (κ3) is 7.22. The molecule has 0 saturated carbocycles. The number of halogens is 2. The summed E-state index contributed by atoms with van der Waals surface area (Å²) >= 11 is 5.89. The van der Waals surface area contributed by atoms with Gasteiger partial charge in [-0.3, -0.25) is 14.9 Å². The standard InChI is InChI=1S/C30H44ClFN6O5Si/c1-18(2)24-30(11-9-12-34-24,41-15-10-16-42-44(7,8)29(4,5)6)43-28(40)38-14-13-33-19(3)23(38)22-20-17-21(32)25(31)36-26(20)37-27(39)35-22/h9,11-12,17-19,23-24,33H,10,13-16H2,1-8H3,(H,35,36,37,39). The summed E-state index contributed by atoms with van der Waals surface area (Å²) in [6.07, 6.45) is 5.03. The molecule has 11 nitrogen and oxygen atoms in total. The Morgan fingerprint density at radius 1 is 1.27 bits per heavy atom. The predicted octanol–water partition coefficient (Wildman–Crippen LogP) is 5.37. The van der Waals surface area contributed by atoms with Crippen LogP contribution in [0.3, 0.4) is 0 Å². The van der Waals surface area contributed by atoms with Gasteiger partial charge in [0.15, 0.2) is 19.3 Å². The van der Waals surface area contributed by atoms with E-state index in [9.17, 15) is 14.0 Å². The molecule has 4 rings (SSSR count). The van der Waals surface area contributed by atoms with Gasteiger partial charge >= 0.3 is 11.8 Å². The molecule has 14 heteroatoms. The molecule has 242 valence electrons. The molecule has 0 aliphatic carbocycles. The SMILES string of the molecule is CC(C)C1N=CC=CC1(OCCCO[Si](C)(C)C(C)(C)C)OC(=O)N1CCNC(C)C1c1nc(=O)[nH]c2nc(Cl)c(F)cc12. The lowest BCUT2D eigenvalue weighted by Crippen LogP contribution is -2.57. The Morgan fingerprint density at radius 2 is 2.00 bits per heavy atom. The first kappa shape index (κ1) is 34.2. The topological polar surface area (TPSA) is 131 Å². The first-order valence-corrected chi connectivity index (χ1v) is 18.3. The molecule has 2 N–H and O–H groups in total. The minimum Gasteiger partial charge on any atom is -0.417 e. The fourth-order valence-corrected chi connectivity index (χ4v) is 6.48. The van der Waals surface area contributed by atoms with Crippen LogP contribution in [-0.2, 0) is 13.9 Å². The quantitative estimate of drug-likeness (QED) is 0.160. The number of ether oxygens (including phenoxy) is 2. The van der Waals surface area contributed by atoms with E-state index in [1.54, 1.807) is 18.4 Å². The molecule has 1 fully saturated rings. The van der Waals surface area contributed by atoms with Crippen LogP contribution in [0.1, 0.15) is 59.7 Å². The van der Waals surface area contributed by atoms with Gasteiger partial charge in [-0.1, -0.05) is 46.2 Å². The number of H-pyrrole nitrogens is 1. The van der Waals surface area contributed by atoms with E-state index in [0.29, 0.717) is 19.6 Å². The van der Waals surface area contributed by atoms with Crippen LogP contribution < -0.4 is 11.0 Å². The number of hydrogen-bond donors (Lipinski definition) is 2. The minimum atomic E-state index is -1.93. The van der Waals surface area contributed by atoms with Crippen LogP contribution in [0.2, 0.25) is 23.3 Å². The van der Waals surface area contributed by atoms with Crippen LogP contribution in [0.25, 0.3) is 11.0 Å². The van der Waals surface area contributed by atoms with Crippen LogP contribution in [0.4, 0.5) is 9.18 Å². The fourth-order valence-electron chi connectivity index (χ4n) is 5.25. The Labute approximate surface area is 263 Å². The Morgan fingerprint density at radius 3 is 2.68 bits per heavy atom. The number of aromatic nitrogens is 3. The Bertz CT molecular complexity index is 1480. The lowest BCUT2D eigenvalue weighted by Gasteiger charge is -2.43. The van der Waals surface area contributed by atoms with E-state index >= 15 is 0 Å². The van der Waals surface area contributed by atoms with Gasteiger partial charge in [0.25, 0.3) is 5.79 Å². The predicted molar refractivity (Wildman–Crippen MR) is 171 cm³/mol. The molecule has 1 amide bonds. The zero-order chi connectivity index (χ0) is 32.4. The molecule has 2 aromatic heterocycles. The second kappa shape index (κ2) is 13.3. The van der Waals surface area contributed by atoms with Gasteiger partial charge in [0, 0.05) is 37.3 Å². The second-order valence-electron chi connectivity index (χ2n) is 13.2. The lowest BCUT2D eigenvalue weighted by atomic mass is 9.93. The van der Waals surface area contributed by atoms with Gasteiger partial charge in [0.05, 0.1) is 18.3 Å². The molecule has 4 unspecified atom stereocenters. The minimum absolute atomic E-state index is 0.0256. The first-order valence-electron chi connectivity index (χ1n) is 15.0. The molecule has 0 spiro atoms. The molecular weight excluding hydrogens is 607 g/mol. The number of nitrogens with one attached hydrogen (secondary N) is 2. The van der Waals surface area contributed by atoms with Crippen LogP contribution in [0.5, 0.6) is 0 Å². The number of aromatic amines is 1. The number of fused-ring (bicyclic) bond motifs is 1. The number of rotatable bonds is 9. The highest BCUT2D eigenvalue weighted by molar-refractivity contribution is 6.74.